The van der Waals surface area contributed by atoms with Gasteiger partial charge in [0.25, 0.3) is 0 Å². The second-order valence-corrected chi connectivity index (χ2v) is 4.52. The third kappa shape index (κ3) is 11.9. The van der Waals surface area contributed by atoms with Crippen LogP contribution >= 0.6 is 0 Å². The average Bonchev–Trinajstić information content (AvgIpc) is 2.41. The summed E-state index contributed by atoms with van der Waals surface area (Å²) in [5, 5.41) is 0. The number of methoxy groups -OCH3 is 1. The van der Waals surface area contributed by atoms with E-state index in [-0.39, 0.29) is 17.9 Å². The summed E-state index contributed by atoms with van der Waals surface area (Å²) >= 11 is 0. The molecule has 0 saturated carbocycles. The Morgan fingerprint density at radius 3 is 2.16 bits per heavy atom. The molecule has 144 valence electrons. The molecule has 0 amide bonds. The van der Waals surface area contributed by atoms with Crippen LogP contribution < -0.4 is 16.1 Å². The highest BCUT2D eigenvalue weighted by Crippen LogP contribution is 2.26. The van der Waals surface area contributed by atoms with Gasteiger partial charge in [-0.3, -0.25) is 4.79 Å². The number of carbonyl (C=O) groups excluding carboxylic acids is 1. The quantitative estimate of drug-likeness (QED) is 0.639. The van der Waals surface area contributed by atoms with Gasteiger partial charge in [-0.2, -0.15) is 13.2 Å². The Labute approximate surface area is 137 Å². The van der Waals surface area contributed by atoms with Gasteiger partial charge < -0.3 is 19.6 Å². The lowest BCUT2D eigenvalue weighted by Gasteiger charge is -2.12. The molecule has 1 aromatic heterocycles. The van der Waals surface area contributed by atoms with Crippen LogP contribution in [0.5, 0.6) is 5.75 Å². The van der Waals surface area contributed by atoms with Gasteiger partial charge in [0.1, 0.15) is 11.5 Å². The van der Waals surface area contributed by atoms with Crippen LogP contribution in [0, 0.1) is 0 Å². The van der Waals surface area contributed by atoms with Crippen molar-refractivity contribution in [2.24, 2.45) is 5.73 Å². The van der Waals surface area contributed by atoms with Crippen LogP contribution in [0.3, 0.4) is 0 Å². The first-order valence-corrected chi connectivity index (χ1v) is 6.51. The van der Waals surface area contributed by atoms with Crippen molar-refractivity contribution in [3.8, 4) is 5.75 Å². The van der Waals surface area contributed by atoms with Crippen LogP contribution in [0.1, 0.15) is 31.6 Å². The Hall–Kier alpha value is -2.24. The molecule has 12 heteroatoms. The number of alkyl halides is 6. The predicted octanol–water partition coefficient (Wildman–Crippen LogP) is 3.06. The van der Waals surface area contributed by atoms with Crippen LogP contribution in [0.15, 0.2) is 21.3 Å². The lowest BCUT2D eigenvalue weighted by atomic mass is 10.1. The maximum absolute atomic E-state index is 12.0. The first kappa shape index (κ1) is 22.8. The fraction of sp³-hybridized carbons (Fsp3) is 0.538. The number of halogens is 6. The summed E-state index contributed by atoms with van der Waals surface area (Å²) in [5.74, 6) is -1.16. The SMILES string of the molecule is CC(=O)OC(F)(F)F.COc1cc(C(N)CCC(F)(F)F)oc(=O)c1. The number of nitrogens with two attached hydrogens (primary N) is 1. The average molecular weight is 379 g/mol. The number of hydrogen-bond donors (Lipinski definition) is 1. The Kier molecular flexibility index (Phi) is 8.46. The van der Waals surface area contributed by atoms with Gasteiger partial charge in [-0.1, -0.05) is 0 Å². The molecule has 0 radical (unpaired) electrons. The standard InChI is InChI=1S/C10H12F3NO3.C3H3F3O2/c1-16-6-4-8(17-9(15)5-6)7(14)2-3-10(11,12)13;1-2(7)8-3(4,5)6/h4-5,7H,2-3,14H2,1H3;1H3. The van der Waals surface area contributed by atoms with Crippen molar-refractivity contribution >= 4 is 5.97 Å². The summed E-state index contributed by atoms with van der Waals surface area (Å²) in [6, 6.07) is 1.40. The van der Waals surface area contributed by atoms with Crippen LogP contribution in [0.2, 0.25) is 0 Å². The van der Waals surface area contributed by atoms with E-state index in [9.17, 15) is 35.9 Å². The van der Waals surface area contributed by atoms with Gasteiger partial charge >= 0.3 is 24.1 Å². The van der Waals surface area contributed by atoms with Crippen molar-refractivity contribution in [1.29, 1.82) is 0 Å². The van der Waals surface area contributed by atoms with Gasteiger partial charge in [-0.25, -0.2) is 4.79 Å². The molecule has 0 aromatic carbocycles. The predicted molar refractivity (Wildman–Crippen MR) is 71.6 cm³/mol. The third-order valence-corrected chi connectivity index (χ3v) is 2.36. The summed E-state index contributed by atoms with van der Waals surface area (Å²) in [6.07, 6.45) is -10.5. The van der Waals surface area contributed by atoms with Gasteiger partial charge in [-0.05, 0) is 6.42 Å². The van der Waals surface area contributed by atoms with E-state index < -0.39 is 36.6 Å². The molecule has 0 fully saturated rings. The fourth-order valence-corrected chi connectivity index (χ4v) is 1.40. The van der Waals surface area contributed by atoms with Crippen molar-refractivity contribution in [2.45, 2.75) is 38.3 Å². The zero-order valence-electron chi connectivity index (χ0n) is 13.0. The molecular formula is C13H15F6NO5. The van der Waals surface area contributed by atoms with E-state index >= 15 is 0 Å². The zero-order chi connectivity index (χ0) is 19.8. The molecule has 1 unspecified atom stereocenters. The number of carbonyl (C=O) groups is 1. The smallest absolute Gasteiger partial charge is 0.496 e. The van der Waals surface area contributed by atoms with E-state index in [1.165, 1.54) is 13.2 Å². The Balaban J connectivity index is 0.000000609. The molecule has 1 atom stereocenters. The van der Waals surface area contributed by atoms with E-state index in [0.29, 0.717) is 6.92 Å². The summed E-state index contributed by atoms with van der Waals surface area (Å²) < 4.78 is 80.9. The normalized spacial score (nSPS) is 12.7. The summed E-state index contributed by atoms with van der Waals surface area (Å²) in [5.41, 5.74) is 4.80. The summed E-state index contributed by atoms with van der Waals surface area (Å²) in [7, 11) is 1.33. The molecule has 0 bridgehead atoms. The minimum Gasteiger partial charge on any atom is -0.496 e. The van der Waals surface area contributed by atoms with Gasteiger partial charge in [-0.15, -0.1) is 13.2 Å². The van der Waals surface area contributed by atoms with E-state index in [4.69, 9.17) is 14.9 Å². The van der Waals surface area contributed by atoms with Gasteiger partial charge in [0.2, 0.25) is 0 Å². The molecule has 0 aliphatic carbocycles. The van der Waals surface area contributed by atoms with Crippen LogP contribution in [0.25, 0.3) is 0 Å². The van der Waals surface area contributed by atoms with E-state index in [0.717, 1.165) is 6.07 Å². The van der Waals surface area contributed by atoms with Crippen molar-refractivity contribution in [3.05, 3.63) is 28.3 Å². The molecule has 1 heterocycles. The Morgan fingerprint density at radius 1 is 1.24 bits per heavy atom. The molecule has 25 heavy (non-hydrogen) atoms. The van der Waals surface area contributed by atoms with Crippen molar-refractivity contribution in [3.63, 3.8) is 0 Å². The molecule has 1 rings (SSSR count). The minimum atomic E-state index is -4.83. The second-order valence-electron chi connectivity index (χ2n) is 4.52. The molecular weight excluding hydrogens is 364 g/mol. The molecule has 2 N–H and O–H groups in total. The largest absolute Gasteiger partial charge is 0.575 e. The number of rotatable bonds is 4. The first-order valence-electron chi connectivity index (χ1n) is 6.51. The van der Waals surface area contributed by atoms with Gasteiger partial charge in [0, 0.05) is 19.4 Å². The lowest BCUT2D eigenvalue weighted by Crippen LogP contribution is -2.17. The molecule has 0 aliphatic rings. The Morgan fingerprint density at radius 2 is 1.80 bits per heavy atom. The Bertz CT molecular complexity index is 610. The van der Waals surface area contributed by atoms with E-state index in [2.05, 4.69) is 4.74 Å². The second kappa shape index (κ2) is 9.30. The molecule has 1 aromatic rings. The highest BCUT2D eigenvalue weighted by atomic mass is 19.4. The lowest BCUT2D eigenvalue weighted by molar-refractivity contribution is -0.304. The van der Waals surface area contributed by atoms with Crippen LogP contribution in [-0.2, 0) is 9.53 Å². The van der Waals surface area contributed by atoms with Crippen molar-refractivity contribution in [1.82, 2.24) is 0 Å². The highest BCUT2D eigenvalue weighted by molar-refractivity contribution is 5.66. The fourth-order valence-electron chi connectivity index (χ4n) is 1.40. The van der Waals surface area contributed by atoms with Gasteiger partial charge in [0.05, 0.1) is 19.2 Å². The molecule has 0 spiro atoms. The monoisotopic (exact) mass is 379 g/mol. The molecule has 0 aliphatic heterocycles. The highest BCUT2D eigenvalue weighted by Gasteiger charge is 2.32. The van der Waals surface area contributed by atoms with Crippen LogP contribution in [-0.4, -0.2) is 25.6 Å². The molecule has 0 saturated heterocycles. The summed E-state index contributed by atoms with van der Waals surface area (Å²) in [6.45, 7) is 0.688. The number of esters is 1. The maximum Gasteiger partial charge on any atom is 0.575 e. The van der Waals surface area contributed by atoms with Crippen LogP contribution in [0.4, 0.5) is 26.3 Å². The summed E-state index contributed by atoms with van der Waals surface area (Å²) in [4.78, 5) is 20.6. The third-order valence-electron chi connectivity index (χ3n) is 2.36. The van der Waals surface area contributed by atoms with E-state index in [1.54, 1.807) is 0 Å². The minimum absolute atomic E-state index is 0.0152. The topological polar surface area (TPSA) is 91.8 Å². The molecule has 6 nitrogen and oxygen atoms in total. The first-order chi connectivity index (χ1) is 11.2. The van der Waals surface area contributed by atoms with Gasteiger partial charge in [0.15, 0.2) is 0 Å². The van der Waals surface area contributed by atoms with Crippen molar-refractivity contribution < 1.29 is 45.0 Å². The zero-order valence-corrected chi connectivity index (χ0v) is 13.0. The maximum atomic E-state index is 12.0. The number of ether oxygens (including phenoxy) is 2. The number of hydrogen-bond acceptors (Lipinski definition) is 6. The van der Waals surface area contributed by atoms with E-state index in [1.807, 2.05) is 0 Å². The van der Waals surface area contributed by atoms with Crippen molar-refractivity contribution in [2.75, 3.05) is 7.11 Å².